The molecule has 1 saturated heterocycles. The molecule has 3 N–H and O–H groups in total. The van der Waals surface area contributed by atoms with Crippen LogP contribution in [0.25, 0.3) is 0 Å². The third-order valence-corrected chi connectivity index (χ3v) is 4.04. The number of likely N-dealkylation sites (tertiary alicyclic amines) is 1. The molecule has 0 radical (unpaired) electrons. The van der Waals surface area contributed by atoms with Gasteiger partial charge in [0, 0.05) is 32.2 Å². The molecule has 0 bridgehead atoms. The Labute approximate surface area is 155 Å². The van der Waals surface area contributed by atoms with Gasteiger partial charge in [0.25, 0.3) is 0 Å². The lowest BCUT2D eigenvalue weighted by molar-refractivity contribution is 0.1000. The summed E-state index contributed by atoms with van der Waals surface area (Å²) in [5.41, 5.74) is 6.88. The van der Waals surface area contributed by atoms with E-state index in [1.54, 1.807) is 6.07 Å². The standard InChI is InChI=1S/C17H26N4O.HI/c1-12-7-13(2)11-21(10-12)17(19-3)20-9-14-5-4-6-15(8-14)16(18)22;/h4-6,8,12-13H,7,9-11H2,1-3H3,(H2,18,22)(H,19,20);1H. The number of nitrogens with zero attached hydrogens (tertiary/aromatic N) is 2. The molecule has 2 unspecified atom stereocenters. The second-order valence-corrected chi connectivity index (χ2v) is 6.32. The first kappa shape index (κ1) is 19.7. The molecule has 0 aromatic heterocycles. The molecule has 2 atom stereocenters. The van der Waals surface area contributed by atoms with Crippen LogP contribution in [-0.4, -0.2) is 36.9 Å². The SMILES string of the molecule is CN=C(NCc1cccc(C(N)=O)c1)N1CC(C)CC(C)C1.I. The fourth-order valence-electron chi connectivity index (χ4n) is 3.18. The van der Waals surface area contributed by atoms with Crippen molar-refractivity contribution >= 4 is 35.8 Å². The molecular formula is C17H27IN4O. The van der Waals surface area contributed by atoms with Gasteiger partial charge in [-0.25, -0.2) is 0 Å². The number of guanidine groups is 1. The average Bonchev–Trinajstić information content (AvgIpc) is 2.47. The quantitative estimate of drug-likeness (QED) is 0.440. The number of aliphatic imine (C=N–C) groups is 1. The molecule has 5 nitrogen and oxygen atoms in total. The van der Waals surface area contributed by atoms with Gasteiger partial charge in [-0.2, -0.15) is 0 Å². The van der Waals surface area contributed by atoms with Gasteiger partial charge >= 0.3 is 0 Å². The van der Waals surface area contributed by atoms with E-state index in [0.717, 1.165) is 24.6 Å². The number of nitrogens with two attached hydrogens (primary N) is 1. The molecule has 1 aromatic carbocycles. The van der Waals surface area contributed by atoms with Crippen LogP contribution in [0.3, 0.4) is 0 Å². The van der Waals surface area contributed by atoms with Gasteiger partial charge in [0.15, 0.2) is 5.96 Å². The summed E-state index contributed by atoms with van der Waals surface area (Å²) < 4.78 is 0. The van der Waals surface area contributed by atoms with E-state index in [1.807, 2.05) is 25.2 Å². The Morgan fingerprint density at radius 3 is 2.57 bits per heavy atom. The largest absolute Gasteiger partial charge is 0.366 e. The van der Waals surface area contributed by atoms with Crippen LogP contribution in [0.4, 0.5) is 0 Å². The van der Waals surface area contributed by atoms with Gasteiger partial charge in [0.1, 0.15) is 0 Å². The first-order chi connectivity index (χ1) is 10.5. The fraction of sp³-hybridized carbons (Fsp3) is 0.529. The van der Waals surface area contributed by atoms with Gasteiger partial charge in [0.05, 0.1) is 0 Å². The molecule has 1 aliphatic heterocycles. The molecular weight excluding hydrogens is 403 g/mol. The monoisotopic (exact) mass is 430 g/mol. The zero-order valence-corrected chi connectivity index (χ0v) is 16.4. The Bertz CT molecular complexity index is 551. The van der Waals surface area contributed by atoms with Crippen molar-refractivity contribution in [2.45, 2.75) is 26.8 Å². The van der Waals surface area contributed by atoms with Gasteiger partial charge in [0.2, 0.25) is 5.91 Å². The lowest BCUT2D eigenvalue weighted by atomic mass is 9.92. The number of halogens is 1. The summed E-state index contributed by atoms with van der Waals surface area (Å²) in [5.74, 6) is 1.88. The number of amides is 1. The predicted octanol–water partition coefficient (Wildman–Crippen LogP) is 2.46. The van der Waals surface area contributed by atoms with Crippen LogP contribution >= 0.6 is 24.0 Å². The molecule has 1 heterocycles. The van der Waals surface area contributed by atoms with E-state index in [0.29, 0.717) is 23.9 Å². The van der Waals surface area contributed by atoms with E-state index in [4.69, 9.17) is 5.73 Å². The zero-order valence-electron chi connectivity index (χ0n) is 14.1. The molecule has 0 spiro atoms. The van der Waals surface area contributed by atoms with E-state index in [9.17, 15) is 4.79 Å². The van der Waals surface area contributed by atoms with Crippen molar-refractivity contribution in [3.8, 4) is 0 Å². The Morgan fingerprint density at radius 2 is 2.00 bits per heavy atom. The first-order valence-corrected chi connectivity index (χ1v) is 7.84. The van der Waals surface area contributed by atoms with Gasteiger partial charge < -0.3 is 16.0 Å². The second kappa shape index (κ2) is 9.10. The summed E-state index contributed by atoms with van der Waals surface area (Å²) in [7, 11) is 1.81. The molecule has 128 valence electrons. The van der Waals surface area contributed by atoms with Crippen molar-refractivity contribution in [1.82, 2.24) is 10.2 Å². The van der Waals surface area contributed by atoms with Gasteiger partial charge in [-0.1, -0.05) is 26.0 Å². The van der Waals surface area contributed by atoms with Gasteiger partial charge in [-0.3, -0.25) is 9.79 Å². The number of carbonyl (C=O) groups excluding carboxylic acids is 1. The van der Waals surface area contributed by atoms with Crippen molar-refractivity contribution in [3.63, 3.8) is 0 Å². The highest BCUT2D eigenvalue weighted by Gasteiger charge is 2.23. The minimum Gasteiger partial charge on any atom is -0.366 e. The van der Waals surface area contributed by atoms with Crippen molar-refractivity contribution in [3.05, 3.63) is 35.4 Å². The highest BCUT2D eigenvalue weighted by molar-refractivity contribution is 14.0. The predicted molar refractivity (Wildman–Crippen MR) is 105 cm³/mol. The van der Waals surface area contributed by atoms with Crippen LogP contribution < -0.4 is 11.1 Å². The van der Waals surface area contributed by atoms with Crippen molar-refractivity contribution < 1.29 is 4.79 Å². The third kappa shape index (κ3) is 5.67. The zero-order chi connectivity index (χ0) is 16.1. The third-order valence-electron chi connectivity index (χ3n) is 4.04. The van der Waals surface area contributed by atoms with E-state index in [1.165, 1.54) is 6.42 Å². The smallest absolute Gasteiger partial charge is 0.248 e. The molecule has 1 aliphatic rings. The van der Waals surface area contributed by atoms with E-state index in [-0.39, 0.29) is 24.0 Å². The number of nitrogens with one attached hydrogen (secondary N) is 1. The Morgan fingerprint density at radius 1 is 1.35 bits per heavy atom. The molecule has 6 heteroatoms. The Balaban J connectivity index is 0.00000264. The summed E-state index contributed by atoms with van der Waals surface area (Å²) in [5, 5.41) is 3.39. The minimum atomic E-state index is -0.398. The maximum atomic E-state index is 11.2. The molecule has 1 amide bonds. The summed E-state index contributed by atoms with van der Waals surface area (Å²) >= 11 is 0. The highest BCUT2D eigenvalue weighted by atomic mass is 127. The number of carbonyl (C=O) groups is 1. The van der Waals surface area contributed by atoms with Crippen molar-refractivity contribution in [2.24, 2.45) is 22.6 Å². The summed E-state index contributed by atoms with van der Waals surface area (Å²) in [6.07, 6.45) is 1.27. The topological polar surface area (TPSA) is 70.7 Å². The number of hydrogen-bond acceptors (Lipinski definition) is 2. The highest BCUT2D eigenvalue weighted by Crippen LogP contribution is 2.20. The summed E-state index contributed by atoms with van der Waals surface area (Å²) in [6.45, 7) is 7.27. The Hall–Kier alpha value is -1.31. The Kier molecular flexibility index (Phi) is 7.81. The molecule has 23 heavy (non-hydrogen) atoms. The molecule has 1 fully saturated rings. The van der Waals surface area contributed by atoms with Crippen LogP contribution in [0.5, 0.6) is 0 Å². The molecule has 1 aromatic rings. The van der Waals surface area contributed by atoms with Crippen LogP contribution in [0.2, 0.25) is 0 Å². The number of piperidine rings is 1. The van der Waals surface area contributed by atoms with Gasteiger partial charge in [-0.05, 0) is 36.0 Å². The number of primary amides is 1. The fourth-order valence-corrected chi connectivity index (χ4v) is 3.18. The average molecular weight is 430 g/mol. The van der Waals surface area contributed by atoms with Crippen molar-refractivity contribution in [1.29, 1.82) is 0 Å². The number of rotatable bonds is 3. The minimum absolute atomic E-state index is 0. The molecule has 0 aliphatic carbocycles. The first-order valence-electron chi connectivity index (χ1n) is 7.84. The van der Waals surface area contributed by atoms with Crippen molar-refractivity contribution in [2.75, 3.05) is 20.1 Å². The van der Waals surface area contributed by atoms with Crippen LogP contribution in [0.15, 0.2) is 29.3 Å². The molecule has 0 saturated carbocycles. The maximum Gasteiger partial charge on any atom is 0.248 e. The lowest BCUT2D eigenvalue weighted by Crippen LogP contribution is -2.48. The normalized spacial score (nSPS) is 21.5. The maximum absolute atomic E-state index is 11.2. The summed E-state index contributed by atoms with van der Waals surface area (Å²) in [6, 6.07) is 7.39. The van der Waals surface area contributed by atoms with Crippen LogP contribution in [0.1, 0.15) is 36.2 Å². The summed E-state index contributed by atoms with van der Waals surface area (Å²) in [4.78, 5) is 17.9. The van der Waals surface area contributed by atoms with E-state index < -0.39 is 5.91 Å². The molecule has 2 rings (SSSR count). The number of hydrogen-bond donors (Lipinski definition) is 2. The van der Waals surface area contributed by atoms with E-state index >= 15 is 0 Å². The van der Waals surface area contributed by atoms with Crippen LogP contribution in [-0.2, 0) is 6.54 Å². The second-order valence-electron chi connectivity index (χ2n) is 6.32. The van der Waals surface area contributed by atoms with Crippen LogP contribution in [0, 0.1) is 11.8 Å². The lowest BCUT2D eigenvalue weighted by Gasteiger charge is -2.37. The van der Waals surface area contributed by atoms with Gasteiger partial charge in [-0.15, -0.1) is 24.0 Å². The number of benzene rings is 1. The van der Waals surface area contributed by atoms with E-state index in [2.05, 4.69) is 29.1 Å².